The number of likely N-dealkylation sites (tertiary alicyclic amines) is 1. The van der Waals surface area contributed by atoms with Gasteiger partial charge in [-0.3, -0.25) is 9.78 Å². The molecule has 7 heteroatoms. The molecule has 3 aromatic rings. The number of nitrogens with zero attached hydrogens (tertiary/aromatic N) is 4. The van der Waals surface area contributed by atoms with E-state index in [2.05, 4.69) is 36.9 Å². The molecule has 0 aromatic carbocycles. The van der Waals surface area contributed by atoms with Gasteiger partial charge in [-0.25, -0.2) is 4.98 Å². The van der Waals surface area contributed by atoms with Gasteiger partial charge in [-0.1, -0.05) is 6.07 Å². The predicted octanol–water partition coefficient (Wildman–Crippen LogP) is 3.91. The van der Waals surface area contributed by atoms with Crippen LogP contribution in [-0.2, 0) is 13.0 Å². The highest BCUT2D eigenvalue weighted by molar-refractivity contribution is 9.10. The van der Waals surface area contributed by atoms with E-state index < -0.39 is 0 Å². The second kappa shape index (κ2) is 9.71. The quantitative estimate of drug-likeness (QED) is 0.489. The molecule has 0 aliphatic carbocycles. The maximum absolute atomic E-state index is 12.5. The van der Waals surface area contributed by atoms with Crippen LogP contribution in [0.4, 0.5) is 0 Å². The van der Waals surface area contributed by atoms with Gasteiger partial charge < -0.3 is 14.2 Å². The summed E-state index contributed by atoms with van der Waals surface area (Å²) in [6.45, 7) is 3.72. The maximum atomic E-state index is 12.5. The first-order valence-corrected chi connectivity index (χ1v) is 11.3. The van der Waals surface area contributed by atoms with Crippen molar-refractivity contribution in [2.45, 2.75) is 32.2 Å². The van der Waals surface area contributed by atoms with E-state index in [9.17, 15) is 4.79 Å². The number of rotatable bonds is 7. The minimum absolute atomic E-state index is 0.00977. The smallest absolute Gasteiger partial charge is 0.251 e. The lowest BCUT2D eigenvalue weighted by atomic mass is 9.91. The van der Waals surface area contributed by atoms with E-state index in [0.29, 0.717) is 12.3 Å². The first kappa shape index (κ1) is 21.0. The van der Waals surface area contributed by atoms with Crippen molar-refractivity contribution in [1.29, 1.82) is 0 Å². The van der Waals surface area contributed by atoms with E-state index in [0.717, 1.165) is 47.6 Å². The number of pyridine rings is 3. The fourth-order valence-electron chi connectivity index (χ4n) is 4.16. The maximum Gasteiger partial charge on any atom is 0.251 e. The lowest BCUT2D eigenvalue weighted by molar-refractivity contribution is 0.174. The minimum Gasteiger partial charge on any atom is -0.495 e. The fraction of sp³-hybridized carbons (Fsp3) is 0.435. The molecule has 0 N–H and O–H groups in total. The lowest BCUT2D eigenvalue weighted by Crippen LogP contribution is -2.37. The van der Waals surface area contributed by atoms with Crippen molar-refractivity contribution in [3.8, 4) is 5.75 Å². The van der Waals surface area contributed by atoms with E-state index >= 15 is 0 Å². The Hall–Kier alpha value is -2.25. The van der Waals surface area contributed by atoms with Gasteiger partial charge >= 0.3 is 0 Å². The lowest BCUT2D eigenvalue weighted by Gasteiger charge is -2.32. The molecule has 4 rings (SSSR count). The van der Waals surface area contributed by atoms with Gasteiger partial charge in [-0.05, 0) is 78.3 Å². The summed E-state index contributed by atoms with van der Waals surface area (Å²) >= 11 is 3.39. The number of piperidine rings is 1. The third kappa shape index (κ3) is 5.08. The second-order valence-corrected chi connectivity index (χ2v) is 8.73. The monoisotopic (exact) mass is 470 g/mol. The van der Waals surface area contributed by atoms with Crippen molar-refractivity contribution >= 4 is 27.0 Å². The van der Waals surface area contributed by atoms with Crippen molar-refractivity contribution in [3.63, 3.8) is 0 Å². The summed E-state index contributed by atoms with van der Waals surface area (Å²) in [5.41, 5.74) is 2.96. The van der Waals surface area contributed by atoms with Crippen LogP contribution in [-0.4, -0.2) is 46.2 Å². The summed E-state index contributed by atoms with van der Waals surface area (Å²) in [6.07, 6.45) is 8.38. The Kier molecular flexibility index (Phi) is 6.79. The van der Waals surface area contributed by atoms with Crippen LogP contribution in [0.2, 0.25) is 0 Å². The molecule has 4 heterocycles. The summed E-state index contributed by atoms with van der Waals surface area (Å²) < 4.78 is 7.99. The molecule has 1 fully saturated rings. The summed E-state index contributed by atoms with van der Waals surface area (Å²) in [6, 6.07) is 9.44. The summed E-state index contributed by atoms with van der Waals surface area (Å²) in [5.74, 6) is 1.43. The SMILES string of the molecule is COc1cnc2ccc(=O)n(CCN3CCC(CCc4ccc(Br)nc4)CC3)c2c1. The molecule has 0 unspecified atom stereocenters. The van der Waals surface area contributed by atoms with E-state index in [-0.39, 0.29) is 5.56 Å². The number of hydrogen-bond acceptors (Lipinski definition) is 5. The largest absolute Gasteiger partial charge is 0.495 e. The Morgan fingerprint density at radius 3 is 2.67 bits per heavy atom. The van der Waals surface area contributed by atoms with Gasteiger partial charge in [-0.15, -0.1) is 0 Å². The zero-order chi connectivity index (χ0) is 20.9. The number of fused-ring (bicyclic) bond motifs is 1. The third-order valence-electron chi connectivity index (χ3n) is 6.03. The number of ether oxygens (including phenoxy) is 1. The summed E-state index contributed by atoms with van der Waals surface area (Å²) in [7, 11) is 1.62. The molecule has 1 aliphatic rings. The molecule has 0 saturated carbocycles. The zero-order valence-corrected chi connectivity index (χ0v) is 18.8. The van der Waals surface area contributed by atoms with Gasteiger partial charge in [0.25, 0.3) is 5.56 Å². The highest BCUT2D eigenvalue weighted by atomic mass is 79.9. The molecule has 0 amide bonds. The Morgan fingerprint density at radius 2 is 1.93 bits per heavy atom. The van der Waals surface area contributed by atoms with Crippen molar-refractivity contribution in [3.05, 3.63) is 63.2 Å². The standard InChI is InChI=1S/C23H27BrN4O2/c1-30-19-14-21-20(25-16-19)5-7-23(29)28(21)13-12-27-10-8-17(9-11-27)2-3-18-4-6-22(24)26-15-18/h4-7,14-17H,2-3,8-13H2,1H3. The highest BCUT2D eigenvalue weighted by Crippen LogP contribution is 2.23. The highest BCUT2D eigenvalue weighted by Gasteiger charge is 2.19. The van der Waals surface area contributed by atoms with E-state index in [4.69, 9.17) is 4.74 Å². The van der Waals surface area contributed by atoms with E-state index in [1.165, 1.54) is 24.8 Å². The summed E-state index contributed by atoms with van der Waals surface area (Å²) in [4.78, 5) is 23.7. The predicted molar refractivity (Wildman–Crippen MR) is 122 cm³/mol. The average Bonchev–Trinajstić information content (AvgIpc) is 2.78. The molecular formula is C23H27BrN4O2. The van der Waals surface area contributed by atoms with Crippen LogP contribution < -0.4 is 10.3 Å². The van der Waals surface area contributed by atoms with Crippen molar-refractivity contribution in [2.24, 2.45) is 5.92 Å². The molecular weight excluding hydrogens is 444 g/mol. The van der Waals surface area contributed by atoms with Crippen LogP contribution in [0.5, 0.6) is 5.75 Å². The average molecular weight is 471 g/mol. The van der Waals surface area contributed by atoms with Crippen molar-refractivity contribution < 1.29 is 4.74 Å². The molecule has 0 spiro atoms. The van der Waals surface area contributed by atoms with Crippen molar-refractivity contribution in [1.82, 2.24) is 19.4 Å². The number of aryl methyl sites for hydroxylation is 1. The number of methoxy groups -OCH3 is 1. The van der Waals surface area contributed by atoms with Gasteiger partial charge in [0.05, 0.1) is 24.3 Å². The van der Waals surface area contributed by atoms with E-state index in [1.54, 1.807) is 25.4 Å². The zero-order valence-electron chi connectivity index (χ0n) is 17.3. The van der Waals surface area contributed by atoms with Crippen LogP contribution in [0.15, 0.2) is 52.1 Å². The Bertz CT molecular complexity index is 1040. The Balaban J connectivity index is 1.31. The molecule has 30 heavy (non-hydrogen) atoms. The van der Waals surface area contributed by atoms with Crippen molar-refractivity contribution in [2.75, 3.05) is 26.7 Å². The molecule has 6 nitrogen and oxygen atoms in total. The van der Waals surface area contributed by atoms with Gasteiger partial charge in [0, 0.05) is 31.4 Å². The first-order valence-electron chi connectivity index (χ1n) is 10.5. The van der Waals surface area contributed by atoms with Crippen LogP contribution in [0, 0.1) is 5.92 Å². The number of aromatic nitrogens is 3. The number of halogens is 1. The molecule has 1 aliphatic heterocycles. The Morgan fingerprint density at radius 1 is 1.10 bits per heavy atom. The Labute approximate surface area is 185 Å². The number of hydrogen-bond donors (Lipinski definition) is 0. The van der Waals surface area contributed by atoms with E-state index in [1.807, 2.05) is 22.9 Å². The normalized spacial score (nSPS) is 15.5. The summed E-state index contributed by atoms with van der Waals surface area (Å²) in [5, 5.41) is 0. The van der Waals surface area contributed by atoms with Gasteiger partial charge in [-0.2, -0.15) is 0 Å². The molecule has 0 radical (unpaired) electrons. The second-order valence-electron chi connectivity index (χ2n) is 7.92. The van der Waals surface area contributed by atoms with Gasteiger partial charge in [0.2, 0.25) is 0 Å². The third-order valence-corrected chi connectivity index (χ3v) is 6.49. The molecule has 0 bridgehead atoms. The molecule has 1 saturated heterocycles. The van der Waals surface area contributed by atoms with Crippen LogP contribution in [0.25, 0.3) is 11.0 Å². The minimum atomic E-state index is 0.00977. The van der Waals surface area contributed by atoms with Crippen LogP contribution in [0.1, 0.15) is 24.8 Å². The molecule has 0 atom stereocenters. The van der Waals surface area contributed by atoms with Gasteiger partial charge in [0.15, 0.2) is 0 Å². The van der Waals surface area contributed by atoms with Gasteiger partial charge in [0.1, 0.15) is 10.4 Å². The van der Waals surface area contributed by atoms with Crippen LogP contribution in [0.3, 0.4) is 0 Å². The topological polar surface area (TPSA) is 60.2 Å². The molecule has 3 aromatic heterocycles. The fourth-order valence-corrected chi connectivity index (χ4v) is 4.39. The first-order chi connectivity index (χ1) is 14.6. The van der Waals surface area contributed by atoms with Crippen LogP contribution >= 0.6 is 15.9 Å². The molecule has 158 valence electrons.